The number of halogens is 1. The Morgan fingerprint density at radius 3 is 2.69 bits per heavy atom. The normalized spacial score (nSPS) is 22.6. The molecule has 5 nitrogen and oxygen atoms in total. The van der Waals surface area contributed by atoms with E-state index in [-0.39, 0.29) is 0 Å². The number of hydrogen-bond acceptors (Lipinski definition) is 3. The van der Waals surface area contributed by atoms with Crippen molar-refractivity contribution in [1.82, 2.24) is 0 Å². The van der Waals surface area contributed by atoms with E-state index in [1.807, 2.05) is 0 Å². The van der Waals surface area contributed by atoms with Crippen molar-refractivity contribution in [1.29, 1.82) is 0 Å². The van der Waals surface area contributed by atoms with Gasteiger partial charge in [0.25, 0.3) is 5.91 Å². The van der Waals surface area contributed by atoms with E-state index in [4.69, 9.17) is 22.1 Å². The van der Waals surface area contributed by atoms with Crippen LogP contribution in [0.5, 0.6) is 0 Å². The standard InChI is InChI=1S/C10H9ClN2O3/c11-5-2-1-3-6(4-5)13-10(15)8-7(16-8)9(12)14/h1-4,7-8H,(H2,12,14)(H,13,15)/t7-,8+/m0/s1. The molecule has 1 saturated heterocycles. The van der Waals surface area contributed by atoms with Crippen molar-refractivity contribution in [2.75, 3.05) is 5.32 Å². The largest absolute Gasteiger partial charge is 0.367 e. The van der Waals surface area contributed by atoms with Crippen LogP contribution in [0, 0.1) is 0 Å². The molecule has 2 amide bonds. The van der Waals surface area contributed by atoms with Gasteiger partial charge in [-0.05, 0) is 18.2 Å². The Morgan fingerprint density at radius 2 is 2.12 bits per heavy atom. The van der Waals surface area contributed by atoms with Crippen molar-refractivity contribution in [3.8, 4) is 0 Å². The number of anilines is 1. The van der Waals surface area contributed by atoms with Crippen LogP contribution in [0.25, 0.3) is 0 Å². The highest BCUT2D eigenvalue weighted by atomic mass is 35.5. The van der Waals surface area contributed by atoms with Crippen molar-refractivity contribution in [2.24, 2.45) is 5.73 Å². The summed E-state index contributed by atoms with van der Waals surface area (Å²) in [5.41, 5.74) is 5.53. The summed E-state index contributed by atoms with van der Waals surface area (Å²) in [6.45, 7) is 0. The molecule has 16 heavy (non-hydrogen) atoms. The predicted molar refractivity (Wildman–Crippen MR) is 57.9 cm³/mol. The molecule has 1 aliphatic heterocycles. The fourth-order valence-corrected chi connectivity index (χ4v) is 1.50. The fourth-order valence-electron chi connectivity index (χ4n) is 1.31. The molecular weight excluding hydrogens is 232 g/mol. The quantitative estimate of drug-likeness (QED) is 0.756. The molecule has 1 aromatic carbocycles. The number of carbonyl (C=O) groups excluding carboxylic acids is 2. The van der Waals surface area contributed by atoms with Crippen molar-refractivity contribution >= 4 is 29.1 Å². The zero-order chi connectivity index (χ0) is 11.7. The van der Waals surface area contributed by atoms with Crippen molar-refractivity contribution < 1.29 is 14.3 Å². The first kappa shape index (κ1) is 10.9. The lowest BCUT2D eigenvalue weighted by Gasteiger charge is -2.02. The summed E-state index contributed by atoms with van der Waals surface area (Å²) in [5, 5.41) is 3.09. The van der Waals surface area contributed by atoms with Gasteiger partial charge in [-0.2, -0.15) is 0 Å². The van der Waals surface area contributed by atoms with Crippen LogP contribution < -0.4 is 11.1 Å². The molecule has 0 bridgehead atoms. The lowest BCUT2D eigenvalue weighted by atomic mass is 10.2. The predicted octanol–water partition coefficient (Wildman–Crippen LogP) is 0.531. The average molecular weight is 241 g/mol. The molecule has 6 heteroatoms. The average Bonchev–Trinajstić information content (AvgIpc) is 2.96. The second-order valence-electron chi connectivity index (χ2n) is 3.38. The molecule has 0 spiro atoms. The molecule has 1 aliphatic rings. The van der Waals surface area contributed by atoms with Gasteiger partial charge >= 0.3 is 0 Å². The zero-order valence-electron chi connectivity index (χ0n) is 8.14. The number of amides is 2. The number of primary amides is 1. The number of ether oxygens (including phenoxy) is 1. The summed E-state index contributed by atoms with van der Waals surface area (Å²) < 4.78 is 4.82. The Bertz CT molecular complexity index is 449. The molecule has 2 rings (SSSR count). The third kappa shape index (κ3) is 2.32. The highest BCUT2D eigenvalue weighted by molar-refractivity contribution is 6.30. The Morgan fingerprint density at radius 1 is 1.38 bits per heavy atom. The van der Waals surface area contributed by atoms with E-state index >= 15 is 0 Å². The maximum Gasteiger partial charge on any atom is 0.256 e. The molecule has 1 heterocycles. The van der Waals surface area contributed by atoms with Crippen LogP contribution in [0.3, 0.4) is 0 Å². The third-order valence-electron chi connectivity index (χ3n) is 2.12. The van der Waals surface area contributed by atoms with Crippen LogP contribution in [0.2, 0.25) is 5.02 Å². The minimum Gasteiger partial charge on any atom is -0.367 e. The maximum absolute atomic E-state index is 11.5. The van der Waals surface area contributed by atoms with E-state index in [1.165, 1.54) is 0 Å². The number of hydrogen-bond donors (Lipinski definition) is 2. The molecule has 3 N–H and O–H groups in total. The van der Waals surface area contributed by atoms with Crippen LogP contribution in [0.1, 0.15) is 0 Å². The summed E-state index contributed by atoms with van der Waals surface area (Å²) in [6.07, 6.45) is -1.59. The first-order chi connectivity index (χ1) is 7.58. The molecule has 0 unspecified atom stereocenters. The van der Waals surface area contributed by atoms with Gasteiger partial charge in [0.05, 0.1) is 0 Å². The van der Waals surface area contributed by atoms with Gasteiger partial charge in [-0.3, -0.25) is 9.59 Å². The van der Waals surface area contributed by atoms with Crippen LogP contribution in [0.4, 0.5) is 5.69 Å². The molecule has 0 aliphatic carbocycles. The van der Waals surface area contributed by atoms with Crippen LogP contribution in [-0.2, 0) is 14.3 Å². The van der Waals surface area contributed by atoms with Crippen molar-refractivity contribution in [3.05, 3.63) is 29.3 Å². The third-order valence-corrected chi connectivity index (χ3v) is 2.36. The van der Waals surface area contributed by atoms with Crippen LogP contribution in [-0.4, -0.2) is 24.0 Å². The monoisotopic (exact) mass is 240 g/mol. The van der Waals surface area contributed by atoms with Crippen molar-refractivity contribution in [2.45, 2.75) is 12.2 Å². The highest BCUT2D eigenvalue weighted by Crippen LogP contribution is 2.24. The molecule has 2 atom stereocenters. The Labute approximate surface area is 96.5 Å². The zero-order valence-corrected chi connectivity index (χ0v) is 8.90. The van der Waals surface area contributed by atoms with Crippen molar-refractivity contribution in [3.63, 3.8) is 0 Å². The lowest BCUT2D eigenvalue weighted by molar-refractivity contribution is -0.120. The van der Waals surface area contributed by atoms with Gasteiger partial charge in [-0.25, -0.2) is 0 Å². The summed E-state index contributed by atoms with van der Waals surface area (Å²) in [4.78, 5) is 22.2. The SMILES string of the molecule is NC(=O)[C@H]1O[C@H]1C(=O)Nc1cccc(Cl)c1. The van der Waals surface area contributed by atoms with E-state index < -0.39 is 24.0 Å². The molecule has 1 fully saturated rings. The minimum absolute atomic E-state index is 0.397. The molecule has 0 saturated carbocycles. The fraction of sp³-hybridized carbons (Fsp3) is 0.200. The van der Waals surface area contributed by atoms with E-state index in [1.54, 1.807) is 24.3 Å². The van der Waals surface area contributed by atoms with Gasteiger partial charge in [0.2, 0.25) is 5.91 Å². The Kier molecular flexibility index (Phi) is 2.80. The van der Waals surface area contributed by atoms with Gasteiger partial charge < -0.3 is 15.8 Å². The van der Waals surface area contributed by atoms with E-state index in [0.29, 0.717) is 10.7 Å². The molecular formula is C10H9ClN2O3. The smallest absolute Gasteiger partial charge is 0.256 e. The first-order valence-corrected chi connectivity index (χ1v) is 4.97. The van der Waals surface area contributed by atoms with E-state index in [2.05, 4.69) is 5.32 Å². The maximum atomic E-state index is 11.5. The number of nitrogens with one attached hydrogen (secondary N) is 1. The second-order valence-corrected chi connectivity index (χ2v) is 3.82. The lowest BCUT2D eigenvalue weighted by Crippen LogP contribution is -2.26. The van der Waals surface area contributed by atoms with Gasteiger partial charge in [0, 0.05) is 10.7 Å². The minimum atomic E-state index is -0.806. The number of nitrogens with two attached hydrogens (primary N) is 1. The second kappa shape index (κ2) is 4.11. The van der Waals surface area contributed by atoms with Gasteiger partial charge in [-0.1, -0.05) is 17.7 Å². The highest BCUT2D eigenvalue weighted by Gasteiger charge is 2.49. The summed E-state index contributed by atoms with van der Waals surface area (Å²) in [5.74, 6) is -1.03. The summed E-state index contributed by atoms with van der Waals surface area (Å²) in [7, 11) is 0. The van der Waals surface area contributed by atoms with Gasteiger partial charge in [0.15, 0.2) is 12.2 Å². The summed E-state index contributed by atoms with van der Waals surface area (Å²) in [6, 6.07) is 6.68. The van der Waals surface area contributed by atoms with Gasteiger partial charge in [-0.15, -0.1) is 0 Å². The molecule has 84 valence electrons. The van der Waals surface area contributed by atoms with E-state index in [0.717, 1.165) is 0 Å². The number of rotatable bonds is 3. The topological polar surface area (TPSA) is 84.7 Å². The Balaban J connectivity index is 1.96. The number of benzene rings is 1. The summed E-state index contributed by atoms with van der Waals surface area (Å²) >= 11 is 5.75. The van der Waals surface area contributed by atoms with Crippen LogP contribution >= 0.6 is 11.6 Å². The number of epoxide rings is 1. The molecule has 0 radical (unpaired) electrons. The first-order valence-electron chi connectivity index (χ1n) is 4.59. The number of carbonyl (C=O) groups is 2. The van der Waals surface area contributed by atoms with Crippen LogP contribution in [0.15, 0.2) is 24.3 Å². The molecule has 0 aromatic heterocycles. The molecule has 1 aromatic rings. The Hall–Kier alpha value is -1.59. The van der Waals surface area contributed by atoms with E-state index in [9.17, 15) is 9.59 Å². The van der Waals surface area contributed by atoms with Gasteiger partial charge in [0.1, 0.15) is 0 Å².